The maximum Gasteiger partial charge on any atom is 0.404 e. The van der Waals surface area contributed by atoms with Crippen molar-refractivity contribution in [2.24, 2.45) is 5.73 Å². The second-order valence-electron chi connectivity index (χ2n) is 3.44. The molecule has 0 saturated carbocycles. The molecule has 1 amide bonds. The zero-order chi connectivity index (χ0) is 11.0. The molecule has 0 bridgehead atoms. The zero-order valence-electron chi connectivity index (χ0n) is 7.81. The number of hydrogen-bond acceptors (Lipinski definition) is 3. The van der Waals surface area contributed by atoms with E-state index in [9.17, 15) is 14.3 Å². The third-order valence-corrected chi connectivity index (χ3v) is 2.48. The Morgan fingerprint density at radius 1 is 1.60 bits per heavy atom. The van der Waals surface area contributed by atoms with Crippen LogP contribution in [0.25, 0.3) is 0 Å². The van der Waals surface area contributed by atoms with Gasteiger partial charge in [0.2, 0.25) is 0 Å². The standard InChI is InChI=1S/C10H10FNO3/c11-6-3-1-2-5-4-7(15-10(12)14)9(13)8(5)6/h1-3,7,9,13H,4H2,(H2,12,14)/t7-,9-/m1/s1. The number of aliphatic hydroxyl groups excluding tert-OH is 1. The van der Waals surface area contributed by atoms with Crippen LogP contribution in [0, 0.1) is 5.82 Å². The molecule has 2 rings (SSSR count). The molecule has 0 heterocycles. The molecule has 15 heavy (non-hydrogen) atoms. The SMILES string of the molecule is NC(=O)O[C@@H]1Cc2cccc(F)c2[C@@H]1O. The molecule has 0 aliphatic heterocycles. The van der Waals surface area contributed by atoms with Crippen LogP contribution in [0.3, 0.4) is 0 Å². The molecule has 1 aliphatic rings. The Balaban J connectivity index is 2.29. The Bertz CT molecular complexity index is 408. The summed E-state index contributed by atoms with van der Waals surface area (Å²) in [5.74, 6) is -0.490. The van der Waals surface area contributed by atoms with E-state index in [1.165, 1.54) is 6.07 Å². The van der Waals surface area contributed by atoms with Crippen molar-refractivity contribution in [1.29, 1.82) is 0 Å². The second kappa shape index (κ2) is 3.51. The highest BCUT2D eigenvalue weighted by molar-refractivity contribution is 5.65. The lowest BCUT2D eigenvalue weighted by Crippen LogP contribution is -2.26. The molecule has 0 spiro atoms. The second-order valence-corrected chi connectivity index (χ2v) is 3.44. The summed E-state index contributed by atoms with van der Waals surface area (Å²) < 4.78 is 18.0. The maximum atomic E-state index is 13.3. The summed E-state index contributed by atoms with van der Waals surface area (Å²) in [6, 6.07) is 4.49. The van der Waals surface area contributed by atoms with Crippen molar-refractivity contribution in [1.82, 2.24) is 0 Å². The van der Waals surface area contributed by atoms with Crippen LogP contribution in [0.15, 0.2) is 18.2 Å². The number of benzene rings is 1. The minimum Gasteiger partial charge on any atom is -0.443 e. The fourth-order valence-corrected chi connectivity index (χ4v) is 1.86. The molecule has 3 N–H and O–H groups in total. The van der Waals surface area contributed by atoms with E-state index in [1.54, 1.807) is 12.1 Å². The predicted molar refractivity (Wildman–Crippen MR) is 49.5 cm³/mol. The predicted octanol–water partition coefficient (Wildman–Crippen LogP) is 0.879. The van der Waals surface area contributed by atoms with E-state index in [2.05, 4.69) is 4.74 Å². The number of amides is 1. The lowest BCUT2D eigenvalue weighted by Gasteiger charge is -2.14. The molecule has 5 heteroatoms. The highest BCUT2D eigenvalue weighted by Crippen LogP contribution is 2.34. The van der Waals surface area contributed by atoms with Gasteiger partial charge in [0.15, 0.2) is 0 Å². The van der Waals surface area contributed by atoms with Crippen LogP contribution < -0.4 is 5.73 Å². The molecule has 0 fully saturated rings. The Hall–Kier alpha value is -1.62. The summed E-state index contributed by atoms with van der Waals surface area (Å²) in [5.41, 5.74) is 5.69. The largest absolute Gasteiger partial charge is 0.443 e. The van der Waals surface area contributed by atoms with Crippen LogP contribution in [0.4, 0.5) is 9.18 Å². The van der Waals surface area contributed by atoms with E-state index >= 15 is 0 Å². The fraction of sp³-hybridized carbons (Fsp3) is 0.300. The lowest BCUT2D eigenvalue weighted by atomic mass is 10.1. The van der Waals surface area contributed by atoms with Crippen molar-refractivity contribution in [2.45, 2.75) is 18.6 Å². The zero-order valence-corrected chi connectivity index (χ0v) is 7.81. The van der Waals surface area contributed by atoms with Gasteiger partial charge in [-0.3, -0.25) is 0 Å². The highest BCUT2D eigenvalue weighted by atomic mass is 19.1. The third kappa shape index (κ3) is 1.66. The van der Waals surface area contributed by atoms with E-state index < -0.39 is 24.1 Å². The van der Waals surface area contributed by atoms with E-state index in [1.807, 2.05) is 0 Å². The first kappa shape index (κ1) is 9.92. The summed E-state index contributed by atoms with van der Waals surface area (Å²) in [6.07, 6.45) is -2.59. The molecule has 80 valence electrons. The number of primary amides is 1. The van der Waals surface area contributed by atoms with Gasteiger partial charge in [0.1, 0.15) is 18.0 Å². The minimum absolute atomic E-state index is 0.198. The van der Waals surface area contributed by atoms with E-state index in [0.29, 0.717) is 5.56 Å². The van der Waals surface area contributed by atoms with Crippen LogP contribution >= 0.6 is 0 Å². The lowest BCUT2D eigenvalue weighted by molar-refractivity contribution is 0.0158. The fourth-order valence-electron chi connectivity index (χ4n) is 1.86. The van der Waals surface area contributed by atoms with E-state index in [-0.39, 0.29) is 12.0 Å². The number of carbonyl (C=O) groups is 1. The molecule has 1 aliphatic carbocycles. The molecule has 0 unspecified atom stereocenters. The number of ether oxygens (including phenoxy) is 1. The topological polar surface area (TPSA) is 72.6 Å². The van der Waals surface area contributed by atoms with Crippen LogP contribution in [-0.4, -0.2) is 17.3 Å². The van der Waals surface area contributed by atoms with Gasteiger partial charge in [-0.2, -0.15) is 0 Å². The maximum absolute atomic E-state index is 13.3. The normalized spacial score (nSPS) is 23.6. The molecule has 2 atom stereocenters. The van der Waals surface area contributed by atoms with Gasteiger partial charge in [-0.1, -0.05) is 12.1 Å². The summed E-state index contributed by atoms with van der Waals surface area (Å²) in [7, 11) is 0. The Morgan fingerprint density at radius 2 is 2.33 bits per heavy atom. The molecular formula is C10H10FNO3. The quantitative estimate of drug-likeness (QED) is 0.724. The number of halogens is 1. The van der Waals surface area contributed by atoms with Gasteiger partial charge < -0.3 is 15.6 Å². The van der Waals surface area contributed by atoms with Crippen LogP contribution in [0.5, 0.6) is 0 Å². The molecule has 1 aromatic rings. The molecule has 4 nitrogen and oxygen atoms in total. The smallest absolute Gasteiger partial charge is 0.404 e. The Kier molecular flexibility index (Phi) is 2.32. The van der Waals surface area contributed by atoms with Gasteiger partial charge in [-0.15, -0.1) is 0 Å². The monoisotopic (exact) mass is 211 g/mol. The van der Waals surface area contributed by atoms with Gasteiger partial charge in [0.25, 0.3) is 0 Å². The molecule has 0 saturated heterocycles. The van der Waals surface area contributed by atoms with Crippen molar-refractivity contribution >= 4 is 6.09 Å². The van der Waals surface area contributed by atoms with Gasteiger partial charge in [0, 0.05) is 12.0 Å². The van der Waals surface area contributed by atoms with Gasteiger partial charge in [0.05, 0.1) is 0 Å². The number of rotatable bonds is 1. The number of hydrogen-bond donors (Lipinski definition) is 2. The van der Waals surface area contributed by atoms with E-state index in [0.717, 1.165) is 0 Å². The van der Waals surface area contributed by atoms with E-state index in [4.69, 9.17) is 5.73 Å². The van der Waals surface area contributed by atoms with Gasteiger partial charge in [-0.05, 0) is 11.6 Å². The minimum atomic E-state index is -1.13. The van der Waals surface area contributed by atoms with Crippen LogP contribution in [0.1, 0.15) is 17.2 Å². The van der Waals surface area contributed by atoms with Gasteiger partial charge in [-0.25, -0.2) is 9.18 Å². The molecule has 0 radical (unpaired) electrons. The number of carbonyl (C=O) groups excluding carboxylic acids is 1. The number of fused-ring (bicyclic) bond motifs is 1. The first-order valence-electron chi connectivity index (χ1n) is 4.51. The van der Waals surface area contributed by atoms with Crippen molar-refractivity contribution < 1.29 is 19.0 Å². The summed E-state index contributed by atoms with van der Waals surface area (Å²) in [6.45, 7) is 0. The first-order valence-corrected chi connectivity index (χ1v) is 4.51. The summed E-state index contributed by atoms with van der Waals surface area (Å²) in [4.78, 5) is 10.5. The average molecular weight is 211 g/mol. The van der Waals surface area contributed by atoms with Crippen molar-refractivity contribution in [3.63, 3.8) is 0 Å². The van der Waals surface area contributed by atoms with Gasteiger partial charge >= 0.3 is 6.09 Å². The molecular weight excluding hydrogens is 201 g/mol. The Labute approximate surface area is 85.5 Å². The number of nitrogens with two attached hydrogens (primary N) is 1. The summed E-state index contributed by atoms with van der Waals surface area (Å²) >= 11 is 0. The summed E-state index contributed by atoms with van der Waals surface area (Å²) in [5, 5.41) is 9.70. The average Bonchev–Trinajstić information content (AvgIpc) is 2.44. The van der Waals surface area contributed by atoms with Crippen LogP contribution in [-0.2, 0) is 11.2 Å². The Morgan fingerprint density at radius 3 is 2.93 bits per heavy atom. The van der Waals surface area contributed by atoms with Crippen molar-refractivity contribution in [2.75, 3.05) is 0 Å². The number of aliphatic hydroxyl groups is 1. The van der Waals surface area contributed by atoms with Crippen molar-refractivity contribution in [3.8, 4) is 0 Å². The first-order chi connectivity index (χ1) is 7.09. The van der Waals surface area contributed by atoms with Crippen LogP contribution in [0.2, 0.25) is 0 Å². The molecule has 1 aromatic carbocycles. The third-order valence-electron chi connectivity index (χ3n) is 2.48. The highest BCUT2D eigenvalue weighted by Gasteiger charge is 2.35. The van der Waals surface area contributed by atoms with Crippen molar-refractivity contribution in [3.05, 3.63) is 35.1 Å². The molecule has 0 aromatic heterocycles.